The molecule has 0 unspecified atom stereocenters. The predicted molar refractivity (Wildman–Crippen MR) is 73.0 cm³/mol. The zero-order chi connectivity index (χ0) is 13.9. The molecule has 0 aromatic carbocycles. The number of sulfonamides is 1. The van der Waals surface area contributed by atoms with Crippen molar-refractivity contribution in [1.82, 2.24) is 9.29 Å². The fraction of sp³-hybridized carbons (Fsp3) is 0.545. The van der Waals surface area contributed by atoms with Gasteiger partial charge in [-0.1, -0.05) is 18.5 Å². The summed E-state index contributed by atoms with van der Waals surface area (Å²) in [6, 6.07) is 1.22. The molecule has 1 heterocycles. The first-order valence-corrected chi connectivity index (χ1v) is 7.55. The number of rotatable bonds is 5. The minimum absolute atomic E-state index is 0.0730. The van der Waals surface area contributed by atoms with E-state index in [2.05, 4.69) is 4.98 Å². The van der Waals surface area contributed by atoms with Gasteiger partial charge in [-0.25, -0.2) is 13.4 Å². The van der Waals surface area contributed by atoms with Crippen LogP contribution in [0.3, 0.4) is 0 Å². The van der Waals surface area contributed by atoms with Gasteiger partial charge in [0.25, 0.3) is 0 Å². The van der Waals surface area contributed by atoms with Crippen molar-refractivity contribution in [2.45, 2.75) is 38.1 Å². The molecule has 2 N–H and O–H groups in total. The van der Waals surface area contributed by atoms with Gasteiger partial charge >= 0.3 is 0 Å². The summed E-state index contributed by atoms with van der Waals surface area (Å²) in [5, 5.41) is 0.149. The van der Waals surface area contributed by atoms with Crippen molar-refractivity contribution < 1.29 is 8.42 Å². The Kier molecular flexibility index (Phi) is 4.95. The molecular weight excluding hydrogens is 274 g/mol. The highest BCUT2D eigenvalue weighted by Crippen LogP contribution is 2.23. The first-order valence-electron chi connectivity index (χ1n) is 5.73. The van der Waals surface area contributed by atoms with Gasteiger partial charge < -0.3 is 5.73 Å². The second kappa shape index (κ2) is 5.86. The molecule has 1 rings (SSSR count). The van der Waals surface area contributed by atoms with Gasteiger partial charge in [-0.05, 0) is 26.3 Å². The summed E-state index contributed by atoms with van der Waals surface area (Å²) < 4.78 is 26.3. The minimum atomic E-state index is -3.57. The molecule has 0 radical (unpaired) electrons. The van der Waals surface area contributed by atoms with Crippen LogP contribution in [0.15, 0.2) is 17.2 Å². The standard InChI is InChI=1S/C11H18ClN3O2S/c1-4-5-15(8(2)3)18(16,17)9-6-10(12)11(13)14-7-9/h6-8H,4-5H2,1-3H3,(H2,13,14). The van der Waals surface area contributed by atoms with Gasteiger partial charge in [0.05, 0.1) is 5.02 Å². The second-order valence-corrected chi connectivity index (χ2v) is 6.55. The number of halogens is 1. The number of nitrogen functional groups attached to an aromatic ring is 1. The van der Waals surface area contributed by atoms with Crippen LogP contribution in [0.4, 0.5) is 5.82 Å². The zero-order valence-electron chi connectivity index (χ0n) is 10.7. The quantitative estimate of drug-likeness (QED) is 0.901. The van der Waals surface area contributed by atoms with Crippen molar-refractivity contribution in [1.29, 1.82) is 0 Å². The van der Waals surface area contributed by atoms with E-state index in [9.17, 15) is 8.42 Å². The summed E-state index contributed by atoms with van der Waals surface area (Å²) in [6.07, 6.45) is 1.98. The Morgan fingerprint density at radius 3 is 2.56 bits per heavy atom. The molecular formula is C11H18ClN3O2S. The Hall–Kier alpha value is -0.850. The van der Waals surface area contributed by atoms with Crippen molar-refractivity contribution in [3.8, 4) is 0 Å². The van der Waals surface area contributed by atoms with E-state index < -0.39 is 10.0 Å². The summed E-state index contributed by atoms with van der Waals surface area (Å²) in [6.45, 7) is 6.06. The molecule has 0 aliphatic heterocycles. The normalized spacial score (nSPS) is 12.3. The van der Waals surface area contributed by atoms with Crippen molar-refractivity contribution in [3.05, 3.63) is 17.3 Å². The lowest BCUT2D eigenvalue weighted by Gasteiger charge is -2.25. The van der Waals surface area contributed by atoms with Crippen LogP contribution in [0.25, 0.3) is 0 Å². The van der Waals surface area contributed by atoms with Gasteiger partial charge in [-0.3, -0.25) is 0 Å². The number of aromatic nitrogens is 1. The third-order valence-electron chi connectivity index (χ3n) is 2.47. The van der Waals surface area contributed by atoms with E-state index in [1.807, 2.05) is 20.8 Å². The number of hydrogen-bond acceptors (Lipinski definition) is 4. The van der Waals surface area contributed by atoms with Crippen LogP contribution in [0, 0.1) is 0 Å². The number of anilines is 1. The highest BCUT2D eigenvalue weighted by Gasteiger charge is 2.27. The summed E-state index contributed by atoms with van der Waals surface area (Å²) in [7, 11) is -3.57. The molecule has 0 fully saturated rings. The van der Waals surface area contributed by atoms with Crippen LogP contribution >= 0.6 is 11.6 Å². The lowest BCUT2D eigenvalue weighted by Crippen LogP contribution is -2.37. The van der Waals surface area contributed by atoms with Gasteiger partial charge in [0.1, 0.15) is 10.7 Å². The zero-order valence-corrected chi connectivity index (χ0v) is 12.3. The molecule has 0 atom stereocenters. The summed E-state index contributed by atoms with van der Waals surface area (Å²) in [4.78, 5) is 3.86. The largest absolute Gasteiger partial charge is 0.382 e. The second-order valence-electron chi connectivity index (χ2n) is 4.25. The maximum atomic E-state index is 12.4. The molecule has 0 saturated carbocycles. The molecule has 0 amide bonds. The molecule has 102 valence electrons. The van der Waals surface area contributed by atoms with E-state index >= 15 is 0 Å². The third kappa shape index (κ3) is 3.13. The molecule has 18 heavy (non-hydrogen) atoms. The average Bonchev–Trinajstić information content (AvgIpc) is 2.28. The Bertz CT molecular complexity index is 517. The molecule has 0 bridgehead atoms. The van der Waals surface area contributed by atoms with E-state index in [1.165, 1.54) is 16.6 Å². The first-order chi connectivity index (χ1) is 8.30. The van der Waals surface area contributed by atoms with E-state index in [1.54, 1.807) is 0 Å². The van der Waals surface area contributed by atoms with Gasteiger partial charge in [0, 0.05) is 18.8 Å². The average molecular weight is 292 g/mol. The van der Waals surface area contributed by atoms with Crippen molar-refractivity contribution >= 4 is 27.4 Å². The lowest BCUT2D eigenvalue weighted by atomic mass is 10.4. The minimum Gasteiger partial charge on any atom is -0.382 e. The van der Waals surface area contributed by atoms with Gasteiger partial charge in [-0.15, -0.1) is 0 Å². The summed E-state index contributed by atoms with van der Waals surface area (Å²) in [5.41, 5.74) is 5.48. The molecule has 0 saturated heterocycles. The fourth-order valence-corrected chi connectivity index (χ4v) is 3.52. The van der Waals surface area contributed by atoms with E-state index in [0.29, 0.717) is 6.54 Å². The summed E-state index contributed by atoms with van der Waals surface area (Å²) >= 11 is 5.81. The maximum absolute atomic E-state index is 12.4. The van der Waals surface area contributed by atoms with Gasteiger partial charge in [-0.2, -0.15) is 4.31 Å². The first kappa shape index (κ1) is 15.2. The van der Waals surface area contributed by atoms with Crippen LogP contribution in [0.1, 0.15) is 27.2 Å². The van der Waals surface area contributed by atoms with E-state index in [-0.39, 0.29) is 21.8 Å². The summed E-state index contributed by atoms with van der Waals surface area (Å²) in [5.74, 6) is 0.127. The molecule has 0 aliphatic carbocycles. The van der Waals surface area contributed by atoms with Crippen LogP contribution in [0.2, 0.25) is 5.02 Å². The van der Waals surface area contributed by atoms with Crippen LogP contribution in [-0.2, 0) is 10.0 Å². The van der Waals surface area contributed by atoms with Gasteiger partial charge in [0.15, 0.2) is 0 Å². The molecule has 1 aromatic rings. The SMILES string of the molecule is CCCN(C(C)C)S(=O)(=O)c1cnc(N)c(Cl)c1. The topological polar surface area (TPSA) is 76.3 Å². The van der Waals surface area contributed by atoms with Crippen molar-refractivity contribution in [2.75, 3.05) is 12.3 Å². The van der Waals surface area contributed by atoms with E-state index in [0.717, 1.165) is 6.42 Å². The molecule has 7 heteroatoms. The Balaban J connectivity index is 3.22. The molecule has 0 spiro atoms. The highest BCUT2D eigenvalue weighted by molar-refractivity contribution is 7.89. The van der Waals surface area contributed by atoms with Crippen LogP contribution in [0.5, 0.6) is 0 Å². The molecule has 1 aromatic heterocycles. The Morgan fingerprint density at radius 2 is 2.11 bits per heavy atom. The maximum Gasteiger partial charge on any atom is 0.244 e. The third-order valence-corrected chi connectivity index (χ3v) is 4.81. The number of pyridine rings is 1. The van der Waals surface area contributed by atoms with Crippen molar-refractivity contribution in [3.63, 3.8) is 0 Å². The predicted octanol–water partition coefficient (Wildman–Crippen LogP) is 2.13. The molecule has 0 aliphatic rings. The lowest BCUT2D eigenvalue weighted by molar-refractivity contribution is 0.354. The molecule has 5 nitrogen and oxygen atoms in total. The van der Waals surface area contributed by atoms with Crippen molar-refractivity contribution in [2.24, 2.45) is 0 Å². The number of hydrogen-bond donors (Lipinski definition) is 1. The van der Waals surface area contributed by atoms with E-state index in [4.69, 9.17) is 17.3 Å². The monoisotopic (exact) mass is 291 g/mol. The number of nitrogens with two attached hydrogens (primary N) is 1. The Morgan fingerprint density at radius 1 is 1.50 bits per heavy atom. The Labute approximate surface area is 113 Å². The number of nitrogens with zero attached hydrogens (tertiary/aromatic N) is 2. The van der Waals surface area contributed by atoms with Gasteiger partial charge in [0.2, 0.25) is 10.0 Å². The fourth-order valence-electron chi connectivity index (χ4n) is 1.58. The van der Waals surface area contributed by atoms with Crippen LogP contribution < -0.4 is 5.73 Å². The highest BCUT2D eigenvalue weighted by atomic mass is 35.5. The smallest absolute Gasteiger partial charge is 0.244 e. The van der Waals surface area contributed by atoms with Crippen LogP contribution in [-0.4, -0.2) is 30.3 Å².